The van der Waals surface area contributed by atoms with Crippen molar-refractivity contribution < 1.29 is 19.0 Å². The largest absolute Gasteiger partial charge is 0.496 e. The number of methoxy groups -OCH3 is 2. The fourth-order valence-corrected chi connectivity index (χ4v) is 3.93. The molecule has 0 aliphatic carbocycles. The van der Waals surface area contributed by atoms with E-state index in [1.54, 1.807) is 43.5 Å². The predicted molar refractivity (Wildman–Crippen MR) is 139 cm³/mol. The monoisotopic (exact) mass is 508 g/mol. The van der Waals surface area contributed by atoms with Crippen LogP contribution in [-0.2, 0) is 6.61 Å². The Labute approximate surface area is 213 Å². The van der Waals surface area contributed by atoms with E-state index in [1.807, 2.05) is 36.4 Å². The van der Waals surface area contributed by atoms with Gasteiger partial charge in [0.05, 0.1) is 26.0 Å². The maximum atomic E-state index is 12.7. The normalized spacial score (nSPS) is 11.0. The average Bonchev–Trinajstić information content (AvgIpc) is 2.87. The fourth-order valence-electron chi connectivity index (χ4n) is 3.47. The fraction of sp³-hybridized carbons (Fsp3) is 0.111. The minimum atomic E-state index is -0.379. The second kappa shape index (κ2) is 11.1. The Kier molecular flexibility index (Phi) is 7.75. The van der Waals surface area contributed by atoms with E-state index in [-0.39, 0.29) is 12.5 Å². The van der Waals surface area contributed by atoms with Crippen LogP contribution in [0.4, 0.5) is 0 Å². The van der Waals surface area contributed by atoms with E-state index >= 15 is 0 Å². The van der Waals surface area contributed by atoms with Crippen molar-refractivity contribution in [2.24, 2.45) is 5.10 Å². The molecule has 178 valence electrons. The van der Waals surface area contributed by atoms with Gasteiger partial charge in [-0.05, 0) is 58.8 Å². The molecular formula is C27H22Cl2N2O4. The highest BCUT2D eigenvalue weighted by atomic mass is 35.5. The van der Waals surface area contributed by atoms with Gasteiger partial charge < -0.3 is 14.2 Å². The van der Waals surface area contributed by atoms with Gasteiger partial charge in [0.2, 0.25) is 0 Å². The molecule has 0 bridgehead atoms. The quantitative estimate of drug-likeness (QED) is 0.217. The number of halogens is 2. The van der Waals surface area contributed by atoms with Crippen molar-refractivity contribution >= 4 is 46.1 Å². The van der Waals surface area contributed by atoms with Gasteiger partial charge in [-0.25, -0.2) is 5.43 Å². The van der Waals surface area contributed by atoms with Crippen molar-refractivity contribution in [2.75, 3.05) is 14.2 Å². The van der Waals surface area contributed by atoms with Gasteiger partial charge in [0.1, 0.15) is 12.4 Å². The zero-order chi connectivity index (χ0) is 24.8. The topological polar surface area (TPSA) is 69.2 Å². The standard InChI is InChI=1S/C27H22Cl2N2O4/c1-33-25-13-19-6-4-3-5-18(19)12-22(25)27(32)31-30-15-17-7-10-24(26(11-17)34-2)35-16-20-8-9-21(28)14-23(20)29/h3-15H,16H2,1-2H3,(H,31,32)/b30-15-. The maximum absolute atomic E-state index is 12.7. The lowest BCUT2D eigenvalue weighted by molar-refractivity contribution is 0.0952. The number of rotatable bonds is 8. The molecule has 0 fully saturated rings. The van der Waals surface area contributed by atoms with Crippen LogP contribution in [0.15, 0.2) is 77.9 Å². The third kappa shape index (κ3) is 5.85. The van der Waals surface area contributed by atoms with E-state index in [0.29, 0.717) is 38.4 Å². The molecule has 0 heterocycles. The number of fused-ring (bicyclic) bond motifs is 1. The smallest absolute Gasteiger partial charge is 0.275 e. The van der Waals surface area contributed by atoms with Gasteiger partial charge in [-0.15, -0.1) is 0 Å². The lowest BCUT2D eigenvalue weighted by atomic mass is 10.1. The zero-order valence-electron chi connectivity index (χ0n) is 19.0. The van der Waals surface area contributed by atoms with Crippen molar-refractivity contribution in [3.63, 3.8) is 0 Å². The summed E-state index contributed by atoms with van der Waals surface area (Å²) in [6, 6.07) is 21.9. The summed E-state index contributed by atoms with van der Waals surface area (Å²) in [5.74, 6) is 1.15. The zero-order valence-corrected chi connectivity index (χ0v) is 20.6. The van der Waals surface area contributed by atoms with E-state index in [1.165, 1.54) is 13.3 Å². The first-order valence-corrected chi connectivity index (χ1v) is 11.4. The van der Waals surface area contributed by atoms with Gasteiger partial charge in [-0.1, -0.05) is 53.5 Å². The number of ether oxygens (including phenoxy) is 3. The summed E-state index contributed by atoms with van der Waals surface area (Å²) >= 11 is 12.2. The molecule has 35 heavy (non-hydrogen) atoms. The van der Waals surface area contributed by atoms with Gasteiger partial charge >= 0.3 is 0 Å². The predicted octanol–water partition coefficient (Wildman–Crippen LogP) is 6.51. The van der Waals surface area contributed by atoms with Crippen LogP contribution in [-0.4, -0.2) is 26.3 Å². The van der Waals surface area contributed by atoms with Crippen LogP contribution in [0.3, 0.4) is 0 Å². The number of carbonyl (C=O) groups is 1. The Bertz CT molecular complexity index is 1410. The van der Waals surface area contributed by atoms with Gasteiger partial charge in [0.25, 0.3) is 5.91 Å². The molecule has 0 saturated carbocycles. The summed E-state index contributed by atoms with van der Waals surface area (Å²) in [5, 5.41) is 7.09. The third-order valence-corrected chi connectivity index (χ3v) is 5.87. The average molecular weight is 509 g/mol. The number of nitrogens with zero attached hydrogens (tertiary/aromatic N) is 1. The summed E-state index contributed by atoms with van der Waals surface area (Å²) in [5.41, 5.74) is 4.46. The van der Waals surface area contributed by atoms with Crippen LogP contribution in [0.1, 0.15) is 21.5 Å². The molecular weight excluding hydrogens is 487 g/mol. The molecule has 8 heteroatoms. The van der Waals surface area contributed by atoms with Gasteiger partial charge in [-0.2, -0.15) is 5.10 Å². The molecule has 0 atom stereocenters. The summed E-state index contributed by atoms with van der Waals surface area (Å²) in [6.07, 6.45) is 1.52. The highest BCUT2D eigenvalue weighted by Crippen LogP contribution is 2.30. The minimum Gasteiger partial charge on any atom is -0.496 e. The van der Waals surface area contributed by atoms with Crippen LogP contribution >= 0.6 is 23.2 Å². The first-order chi connectivity index (χ1) is 17.0. The Morgan fingerprint density at radius 2 is 1.63 bits per heavy atom. The summed E-state index contributed by atoms with van der Waals surface area (Å²) < 4.78 is 16.7. The van der Waals surface area contributed by atoms with Crippen molar-refractivity contribution in [2.45, 2.75) is 6.61 Å². The number of amides is 1. The third-order valence-electron chi connectivity index (χ3n) is 5.28. The first-order valence-electron chi connectivity index (χ1n) is 10.6. The Hall–Kier alpha value is -3.74. The molecule has 0 aliphatic heterocycles. The minimum absolute atomic E-state index is 0.253. The van der Waals surface area contributed by atoms with Crippen LogP contribution < -0.4 is 19.6 Å². The van der Waals surface area contributed by atoms with Gasteiger partial charge in [0.15, 0.2) is 11.5 Å². The maximum Gasteiger partial charge on any atom is 0.275 e. The lowest BCUT2D eigenvalue weighted by Gasteiger charge is -2.12. The highest BCUT2D eigenvalue weighted by Gasteiger charge is 2.13. The van der Waals surface area contributed by atoms with Crippen molar-refractivity contribution in [3.8, 4) is 17.2 Å². The lowest BCUT2D eigenvalue weighted by Crippen LogP contribution is -2.18. The Balaban J connectivity index is 1.44. The van der Waals surface area contributed by atoms with Crippen molar-refractivity contribution in [1.29, 1.82) is 0 Å². The Morgan fingerprint density at radius 3 is 2.34 bits per heavy atom. The molecule has 0 radical (unpaired) electrons. The molecule has 1 N–H and O–H groups in total. The Morgan fingerprint density at radius 1 is 0.886 bits per heavy atom. The number of hydrogen-bond donors (Lipinski definition) is 1. The van der Waals surface area contributed by atoms with Crippen LogP contribution in [0.25, 0.3) is 10.8 Å². The van der Waals surface area contributed by atoms with Crippen LogP contribution in [0, 0.1) is 0 Å². The van der Waals surface area contributed by atoms with Crippen molar-refractivity contribution in [1.82, 2.24) is 5.43 Å². The molecule has 0 aromatic heterocycles. The van der Waals surface area contributed by atoms with Crippen LogP contribution in [0.5, 0.6) is 17.2 Å². The van der Waals surface area contributed by atoms with E-state index in [9.17, 15) is 4.79 Å². The molecule has 1 amide bonds. The second-order valence-electron chi connectivity index (χ2n) is 7.53. The molecule has 6 nitrogen and oxygen atoms in total. The molecule has 4 rings (SSSR count). The number of hydrazone groups is 1. The van der Waals surface area contributed by atoms with Gasteiger partial charge in [0, 0.05) is 15.6 Å². The molecule has 4 aromatic carbocycles. The van der Waals surface area contributed by atoms with Crippen molar-refractivity contribution in [3.05, 3.63) is 99.5 Å². The summed E-state index contributed by atoms with van der Waals surface area (Å²) in [4.78, 5) is 12.7. The molecule has 0 saturated heterocycles. The number of hydrogen-bond acceptors (Lipinski definition) is 5. The number of carbonyl (C=O) groups excluding carboxylic acids is 1. The molecule has 0 aliphatic rings. The molecule has 0 spiro atoms. The molecule has 4 aromatic rings. The second-order valence-corrected chi connectivity index (χ2v) is 8.38. The SMILES string of the molecule is COc1cc(/C=N\NC(=O)c2cc3ccccc3cc2OC)ccc1OCc1ccc(Cl)cc1Cl. The molecule has 0 unspecified atom stereocenters. The number of nitrogens with one attached hydrogen (secondary N) is 1. The van der Waals surface area contributed by atoms with E-state index in [2.05, 4.69) is 10.5 Å². The van der Waals surface area contributed by atoms with E-state index in [4.69, 9.17) is 37.4 Å². The highest BCUT2D eigenvalue weighted by molar-refractivity contribution is 6.35. The first kappa shape index (κ1) is 24.4. The summed E-state index contributed by atoms with van der Waals surface area (Å²) in [6.45, 7) is 0.253. The van der Waals surface area contributed by atoms with E-state index in [0.717, 1.165) is 16.3 Å². The van der Waals surface area contributed by atoms with Gasteiger partial charge in [-0.3, -0.25) is 4.79 Å². The van der Waals surface area contributed by atoms with Crippen LogP contribution in [0.2, 0.25) is 10.0 Å². The summed E-state index contributed by atoms with van der Waals surface area (Å²) in [7, 11) is 3.08. The van der Waals surface area contributed by atoms with E-state index < -0.39 is 0 Å². The number of benzene rings is 4.